The van der Waals surface area contributed by atoms with Crippen molar-refractivity contribution in [3.63, 3.8) is 0 Å². The molecule has 74 valence electrons. The first-order valence-electron chi connectivity index (χ1n) is 5.33. The zero-order valence-electron chi connectivity index (χ0n) is 8.81. The highest BCUT2D eigenvalue weighted by Crippen LogP contribution is 2.57. The van der Waals surface area contributed by atoms with Crippen molar-refractivity contribution < 1.29 is 4.79 Å². The first-order valence-corrected chi connectivity index (χ1v) is 5.33. The summed E-state index contributed by atoms with van der Waals surface area (Å²) in [6, 6.07) is 0. The van der Waals surface area contributed by atoms with E-state index < -0.39 is 0 Å². The van der Waals surface area contributed by atoms with Crippen molar-refractivity contribution in [1.29, 1.82) is 0 Å². The third kappa shape index (κ3) is 1.11. The molecule has 0 aromatic carbocycles. The molecule has 1 heterocycles. The molecule has 2 rings (SSSR count). The molecule has 2 nitrogen and oxygen atoms in total. The first-order chi connectivity index (χ1) is 6.02. The molecule has 0 aromatic rings. The lowest BCUT2D eigenvalue weighted by Crippen LogP contribution is -2.48. The Labute approximate surface area is 80.1 Å². The zero-order valence-corrected chi connectivity index (χ0v) is 8.81. The van der Waals surface area contributed by atoms with Gasteiger partial charge in [-0.25, -0.2) is 0 Å². The molecule has 1 aliphatic carbocycles. The molecule has 1 saturated carbocycles. The maximum atomic E-state index is 11.5. The largest absolute Gasteiger partial charge is 0.351 e. The predicted molar refractivity (Wildman–Crippen MR) is 52.3 cm³/mol. The van der Waals surface area contributed by atoms with Crippen LogP contribution >= 0.6 is 0 Å². The Kier molecular flexibility index (Phi) is 1.73. The van der Waals surface area contributed by atoms with Crippen LogP contribution in [-0.4, -0.2) is 11.4 Å². The van der Waals surface area contributed by atoms with Gasteiger partial charge in [-0.2, -0.15) is 0 Å². The second kappa shape index (κ2) is 2.49. The lowest BCUT2D eigenvalue weighted by Gasteiger charge is -2.40. The maximum Gasteiger partial charge on any atom is 0.221 e. The van der Waals surface area contributed by atoms with Crippen LogP contribution in [0.15, 0.2) is 0 Å². The van der Waals surface area contributed by atoms with Crippen LogP contribution in [0.1, 0.15) is 46.5 Å². The van der Waals surface area contributed by atoms with Gasteiger partial charge in [0.05, 0.1) is 0 Å². The second-order valence-corrected chi connectivity index (χ2v) is 5.13. The summed E-state index contributed by atoms with van der Waals surface area (Å²) in [4.78, 5) is 11.5. The van der Waals surface area contributed by atoms with Crippen LogP contribution in [0.25, 0.3) is 0 Å². The van der Waals surface area contributed by atoms with Crippen LogP contribution in [-0.2, 0) is 4.79 Å². The highest BCUT2D eigenvalue weighted by Gasteiger charge is 2.58. The van der Waals surface area contributed by atoms with Crippen molar-refractivity contribution >= 4 is 5.91 Å². The van der Waals surface area contributed by atoms with E-state index in [2.05, 4.69) is 26.1 Å². The summed E-state index contributed by atoms with van der Waals surface area (Å²) in [5, 5.41) is 3.12. The summed E-state index contributed by atoms with van der Waals surface area (Å²) in [7, 11) is 0. The van der Waals surface area contributed by atoms with E-state index in [0.717, 1.165) is 18.8 Å². The molecule has 2 heteroatoms. The van der Waals surface area contributed by atoms with E-state index in [1.807, 2.05) is 0 Å². The average Bonchev–Trinajstić information content (AvgIpc) is 2.78. The maximum absolute atomic E-state index is 11.5. The van der Waals surface area contributed by atoms with E-state index in [-0.39, 0.29) is 16.9 Å². The topological polar surface area (TPSA) is 29.1 Å². The highest BCUT2D eigenvalue weighted by atomic mass is 16.2. The number of carbonyl (C=O) groups is 1. The van der Waals surface area contributed by atoms with Crippen LogP contribution in [0.5, 0.6) is 0 Å². The molecule has 1 saturated heterocycles. The molecule has 0 bridgehead atoms. The fourth-order valence-corrected chi connectivity index (χ4v) is 3.17. The van der Waals surface area contributed by atoms with E-state index in [4.69, 9.17) is 0 Å². The Morgan fingerprint density at radius 3 is 2.38 bits per heavy atom. The second-order valence-electron chi connectivity index (χ2n) is 5.13. The molecule has 1 N–H and O–H groups in total. The summed E-state index contributed by atoms with van der Waals surface area (Å²) in [5.41, 5.74) is 0.268. The molecule has 0 aromatic heterocycles. The Hall–Kier alpha value is -0.530. The van der Waals surface area contributed by atoms with Gasteiger partial charge in [0.1, 0.15) is 0 Å². The summed E-state index contributed by atoms with van der Waals surface area (Å²) in [6.07, 6.45) is 4.53. The normalized spacial score (nSPS) is 37.6. The molecule has 1 amide bonds. The van der Waals surface area contributed by atoms with Crippen molar-refractivity contribution in [2.24, 2.45) is 11.3 Å². The predicted octanol–water partition coefficient (Wildman–Crippen LogP) is 2.09. The van der Waals surface area contributed by atoms with Gasteiger partial charge in [0.2, 0.25) is 5.91 Å². The Bertz CT molecular complexity index is 242. The monoisotopic (exact) mass is 181 g/mol. The van der Waals surface area contributed by atoms with Crippen LogP contribution in [0, 0.1) is 11.3 Å². The van der Waals surface area contributed by atoms with Gasteiger partial charge in [-0.1, -0.05) is 6.92 Å². The van der Waals surface area contributed by atoms with Gasteiger partial charge in [0.25, 0.3) is 0 Å². The molecule has 2 aliphatic rings. The third-order valence-electron chi connectivity index (χ3n) is 4.16. The van der Waals surface area contributed by atoms with E-state index in [1.165, 1.54) is 12.8 Å². The molecule has 0 radical (unpaired) electrons. The van der Waals surface area contributed by atoms with E-state index in [9.17, 15) is 4.79 Å². The minimum atomic E-state index is 0.0139. The Balaban J connectivity index is 2.31. The summed E-state index contributed by atoms with van der Waals surface area (Å²) in [6.45, 7) is 6.58. The van der Waals surface area contributed by atoms with Crippen LogP contribution in [0.3, 0.4) is 0 Å². The van der Waals surface area contributed by atoms with Gasteiger partial charge in [0.15, 0.2) is 0 Å². The summed E-state index contributed by atoms with van der Waals surface area (Å²) >= 11 is 0. The lowest BCUT2D eigenvalue weighted by molar-refractivity contribution is -0.120. The fraction of sp³-hybridized carbons (Fsp3) is 0.909. The van der Waals surface area contributed by atoms with Crippen molar-refractivity contribution in [2.45, 2.75) is 52.0 Å². The standard InChI is InChI=1S/C11H19NO/c1-4-11(8-5-6-8)7-9(13)12-10(11,2)3/h8H,4-7H2,1-3H3,(H,12,13). The highest BCUT2D eigenvalue weighted by molar-refractivity contribution is 5.81. The Morgan fingerprint density at radius 1 is 1.46 bits per heavy atom. The third-order valence-corrected chi connectivity index (χ3v) is 4.16. The van der Waals surface area contributed by atoms with Gasteiger partial charge in [-0.15, -0.1) is 0 Å². The van der Waals surface area contributed by atoms with Crippen LogP contribution in [0.4, 0.5) is 0 Å². The number of nitrogens with one attached hydrogen (secondary N) is 1. The quantitative estimate of drug-likeness (QED) is 0.694. The molecule has 2 fully saturated rings. The Morgan fingerprint density at radius 2 is 2.08 bits per heavy atom. The van der Waals surface area contributed by atoms with Crippen molar-refractivity contribution in [1.82, 2.24) is 5.32 Å². The van der Waals surface area contributed by atoms with Crippen LogP contribution < -0.4 is 5.32 Å². The minimum Gasteiger partial charge on any atom is -0.351 e. The number of carbonyl (C=O) groups excluding carboxylic acids is 1. The summed E-state index contributed by atoms with van der Waals surface area (Å²) < 4.78 is 0. The number of rotatable bonds is 2. The summed E-state index contributed by atoms with van der Waals surface area (Å²) in [5.74, 6) is 1.05. The van der Waals surface area contributed by atoms with E-state index in [1.54, 1.807) is 0 Å². The smallest absolute Gasteiger partial charge is 0.221 e. The SMILES string of the molecule is CCC1(C2CC2)CC(=O)NC1(C)C. The van der Waals surface area contributed by atoms with Crippen molar-refractivity contribution in [3.05, 3.63) is 0 Å². The molecule has 13 heavy (non-hydrogen) atoms. The minimum absolute atomic E-state index is 0.0139. The molecule has 1 unspecified atom stereocenters. The zero-order chi connectivity index (χ0) is 9.69. The molecule has 0 spiro atoms. The van der Waals surface area contributed by atoms with Gasteiger partial charge >= 0.3 is 0 Å². The van der Waals surface area contributed by atoms with Gasteiger partial charge in [-0.3, -0.25) is 4.79 Å². The van der Waals surface area contributed by atoms with E-state index >= 15 is 0 Å². The van der Waals surface area contributed by atoms with Crippen molar-refractivity contribution in [3.8, 4) is 0 Å². The van der Waals surface area contributed by atoms with Crippen molar-refractivity contribution in [2.75, 3.05) is 0 Å². The number of amides is 1. The molecule has 1 aliphatic heterocycles. The average molecular weight is 181 g/mol. The molecule has 1 atom stereocenters. The van der Waals surface area contributed by atoms with Crippen LogP contribution in [0.2, 0.25) is 0 Å². The van der Waals surface area contributed by atoms with Gasteiger partial charge in [0, 0.05) is 17.4 Å². The van der Waals surface area contributed by atoms with Gasteiger partial charge in [-0.05, 0) is 39.0 Å². The molecular weight excluding hydrogens is 162 g/mol. The number of hydrogen-bond acceptors (Lipinski definition) is 1. The van der Waals surface area contributed by atoms with Gasteiger partial charge < -0.3 is 5.32 Å². The molecular formula is C11H19NO. The van der Waals surface area contributed by atoms with E-state index in [0.29, 0.717) is 0 Å². The number of hydrogen-bond donors (Lipinski definition) is 1. The fourth-order valence-electron chi connectivity index (χ4n) is 3.17. The first kappa shape index (κ1) is 9.04. The lowest BCUT2D eigenvalue weighted by atomic mass is 9.67.